The monoisotopic (exact) mass is 344 g/mol. The molecule has 0 saturated heterocycles. The van der Waals surface area contributed by atoms with E-state index in [0.29, 0.717) is 35.0 Å². The Balaban J connectivity index is 1.90. The molecule has 0 spiro atoms. The number of carbonyl (C=O) groups is 2. The summed E-state index contributed by atoms with van der Waals surface area (Å²) in [5.41, 5.74) is 2.72. The SMILES string of the molecule is CCc1noc(C)c1C(=O)OCC(=O)Nc1ccc([C@H](C)CC)cc1. The summed E-state index contributed by atoms with van der Waals surface area (Å²) < 4.78 is 10.1. The first-order valence-corrected chi connectivity index (χ1v) is 8.48. The van der Waals surface area contributed by atoms with E-state index in [1.807, 2.05) is 31.2 Å². The molecule has 0 fully saturated rings. The first-order chi connectivity index (χ1) is 12.0. The molecule has 2 aromatic rings. The maximum Gasteiger partial charge on any atom is 0.344 e. The van der Waals surface area contributed by atoms with Gasteiger partial charge in [0.2, 0.25) is 0 Å². The van der Waals surface area contributed by atoms with Gasteiger partial charge in [-0.3, -0.25) is 4.79 Å². The van der Waals surface area contributed by atoms with Gasteiger partial charge in [0.15, 0.2) is 6.61 Å². The zero-order valence-corrected chi connectivity index (χ0v) is 15.1. The van der Waals surface area contributed by atoms with Crippen LogP contribution in [0.15, 0.2) is 28.8 Å². The van der Waals surface area contributed by atoms with Crippen molar-refractivity contribution in [3.05, 3.63) is 46.8 Å². The Morgan fingerprint density at radius 1 is 1.24 bits per heavy atom. The molecule has 0 aliphatic heterocycles. The number of amides is 1. The van der Waals surface area contributed by atoms with Crippen LogP contribution in [0, 0.1) is 6.92 Å². The van der Waals surface area contributed by atoms with Gasteiger partial charge in [0, 0.05) is 5.69 Å². The summed E-state index contributed by atoms with van der Waals surface area (Å²) in [6.45, 7) is 7.44. The highest BCUT2D eigenvalue weighted by Gasteiger charge is 2.21. The molecule has 1 N–H and O–H groups in total. The van der Waals surface area contributed by atoms with Crippen LogP contribution in [0.4, 0.5) is 5.69 Å². The molecular weight excluding hydrogens is 320 g/mol. The third kappa shape index (κ3) is 4.68. The van der Waals surface area contributed by atoms with Gasteiger partial charge in [-0.2, -0.15) is 0 Å². The Morgan fingerprint density at radius 3 is 2.52 bits per heavy atom. The van der Waals surface area contributed by atoms with Crippen molar-refractivity contribution in [2.24, 2.45) is 0 Å². The number of aryl methyl sites for hydroxylation is 2. The lowest BCUT2D eigenvalue weighted by Gasteiger charge is -2.10. The fourth-order valence-corrected chi connectivity index (χ4v) is 2.45. The standard InChI is InChI=1S/C19H24N2O4/c1-5-12(3)14-7-9-15(10-8-14)20-17(22)11-24-19(23)18-13(4)25-21-16(18)6-2/h7-10,12H,5-6,11H2,1-4H3,(H,20,22)/t12-/m1/s1. The van der Waals surface area contributed by atoms with Crippen LogP contribution in [0.2, 0.25) is 0 Å². The third-order valence-corrected chi connectivity index (χ3v) is 4.18. The molecule has 6 heteroatoms. The normalized spacial score (nSPS) is 11.8. The summed E-state index contributed by atoms with van der Waals surface area (Å²) >= 11 is 0. The first-order valence-electron chi connectivity index (χ1n) is 8.48. The minimum atomic E-state index is -0.599. The molecule has 0 aliphatic carbocycles. The Bertz CT molecular complexity index is 734. The lowest BCUT2D eigenvalue weighted by atomic mass is 9.99. The second-order valence-electron chi connectivity index (χ2n) is 5.97. The number of aromatic nitrogens is 1. The van der Waals surface area contributed by atoms with Crippen molar-refractivity contribution in [2.45, 2.75) is 46.5 Å². The van der Waals surface area contributed by atoms with E-state index in [4.69, 9.17) is 9.26 Å². The number of anilines is 1. The van der Waals surface area contributed by atoms with Gasteiger partial charge in [-0.25, -0.2) is 4.79 Å². The van der Waals surface area contributed by atoms with Gasteiger partial charge in [-0.15, -0.1) is 0 Å². The summed E-state index contributed by atoms with van der Waals surface area (Å²) in [7, 11) is 0. The zero-order chi connectivity index (χ0) is 18.4. The predicted molar refractivity (Wildman–Crippen MR) is 94.7 cm³/mol. The molecule has 1 aromatic carbocycles. The number of ether oxygens (including phenoxy) is 1. The molecular formula is C19H24N2O4. The Hall–Kier alpha value is -2.63. The van der Waals surface area contributed by atoms with Gasteiger partial charge in [0.25, 0.3) is 5.91 Å². The van der Waals surface area contributed by atoms with E-state index in [9.17, 15) is 9.59 Å². The molecule has 1 amide bonds. The first kappa shape index (κ1) is 18.7. The third-order valence-electron chi connectivity index (χ3n) is 4.18. The molecule has 1 aromatic heterocycles. The van der Waals surface area contributed by atoms with Gasteiger partial charge < -0.3 is 14.6 Å². The van der Waals surface area contributed by atoms with Crippen molar-refractivity contribution in [1.29, 1.82) is 0 Å². The molecule has 0 aliphatic rings. The van der Waals surface area contributed by atoms with Gasteiger partial charge in [0.05, 0.1) is 5.69 Å². The highest BCUT2D eigenvalue weighted by molar-refractivity contribution is 5.96. The van der Waals surface area contributed by atoms with E-state index < -0.39 is 11.9 Å². The molecule has 1 atom stereocenters. The van der Waals surface area contributed by atoms with Crippen LogP contribution in [0.25, 0.3) is 0 Å². The fraction of sp³-hybridized carbons (Fsp3) is 0.421. The van der Waals surface area contributed by atoms with E-state index in [1.54, 1.807) is 6.92 Å². The van der Waals surface area contributed by atoms with Crippen LogP contribution in [-0.2, 0) is 16.0 Å². The lowest BCUT2D eigenvalue weighted by Crippen LogP contribution is -2.21. The maximum absolute atomic E-state index is 12.1. The average molecular weight is 344 g/mol. The van der Waals surface area contributed by atoms with Crippen LogP contribution in [-0.4, -0.2) is 23.6 Å². The van der Waals surface area contributed by atoms with E-state index in [1.165, 1.54) is 5.56 Å². The number of esters is 1. The van der Waals surface area contributed by atoms with E-state index >= 15 is 0 Å². The second-order valence-corrected chi connectivity index (χ2v) is 5.97. The quantitative estimate of drug-likeness (QED) is 0.772. The van der Waals surface area contributed by atoms with Crippen molar-refractivity contribution in [2.75, 3.05) is 11.9 Å². The molecule has 6 nitrogen and oxygen atoms in total. The maximum atomic E-state index is 12.1. The van der Waals surface area contributed by atoms with Crippen LogP contribution < -0.4 is 5.32 Å². The Labute approximate surface area is 147 Å². The molecule has 0 saturated carbocycles. The smallest absolute Gasteiger partial charge is 0.344 e. The van der Waals surface area contributed by atoms with Gasteiger partial charge in [-0.1, -0.05) is 38.1 Å². The number of rotatable bonds is 7. The van der Waals surface area contributed by atoms with Crippen molar-refractivity contribution in [1.82, 2.24) is 5.16 Å². The van der Waals surface area contributed by atoms with Crippen molar-refractivity contribution >= 4 is 17.6 Å². The molecule has 2 rings (SSSR count). The number of carbonyl (C=O) groups excluding carboxylic acids is 2. The van der Waals surface area contributed by atoms with Crippen LogP contribution in [0.3, 0.4) is 0 Å². The molecule has 0 bridgehead atoms. The summed E-state index contributed by atoms with van der Waals surface area (Å²) in [5.74, 6) is -0.122. The summed E-state index contributed by atoms with van der Waals surface area (Å²) in [5, 5.41) is 6.52. The number of nitrogens with one attached hydrogen (secondary N) is 1. The number of hydrogen-bond acceptors (Lipinski definition) is 5. The zero-order valence-electron chi connectivity index (χ0n) is 15.1. The van der Waals surface area contributed by atoms with E-state index in [0.717, 1.165) is 6.42 Å². The number of nitrogens with zero attached hydrogens (tertiary/aromatic N) is 1. The van der Waals surface area contributed by atoms with E-state index in [-0.39, 0.29) is 6.61 Å². The molecule has 1 heterocycles. The number of benzene rings is 1. The summed E-state index contributed by atoms with van der Waals surface area (Å²) in [4.78, 5) is 24.1. The fourth-order valence-electron chi connectivity index (χ4n) is 2.45. The average Bonchev–Trinajstić information content (AvgIpc) is 3.00. The van der Waals surface area contributed by atoms with Gasteiger partial charge in [-0.05, 0) is 43.4 Å². The highest BCUT2D eigenvalue weighted by atomic mass is 16.5. The van der Waals surface area contributed by atoms with Crippen LogP contribution >= 0.6 is 0 Å². The Kier molecular flexibility index (Phi) is 6.33. The predicted octanol–water partition coefficient (Wildman–Crippen LogP) is 3.85. The van der Waals surface area contributed by atoms with Crippen LogP contribution in [0.1, 0.15) is 60.5 Å². The lowest BCUT2D eigenvalue weighted by molar-refractivity contribution is -0.119. The van der Waals surface area contributed by atoms with E-state index in [2.05, 4.69) is 24.3 Å². The summed E-state index contributed by atoms with van der Waals surface area (Å²) in [6.07, 6.45) is 1.61. The molecule has 0 unspecified atom stereocenters. The van der Waals surface area contributed by atoms with Crippen molar-refractivity contribution in [3.8, 4) is 0 Å². The second kappa shape index (κ2) is 8.46. The molecule has 0 radical (unpaired) electrons. The highest BCUT2D eigenvalue weighted by Crippen LogP contribution is 2.20. The molecule has 25 heavy (non-hydrogen) atoms. The van der Waals surface area contributed by atoms with Gasteiger partial charge >= 0.3 is 5.97 Å². The van der Waals surface area contributed by atoms with Crippen molar-refractivity contribution < 1.29 is 18.8 Å². The largest absolute Gasteiger partial charge is 0.452 e. The topological polar surface area (TPSA) is 81.4 Å². The molecule has 134 valence electrons. The number of hydrogen-bond donors (Lipinski definition) is 1. The Morgan fingerprint density at radius 2 is 1.92 bits per heavy atom. The summed E-state index contributed by atoms with van der Waals surface area (Å²) in [6, 6.07) is 7.68. The van der Waals surface area contributed by atoms with Crippen molar-refractivity contribution in [3.63, 3.8) is 0 Å². The van der Waals surface area contributed by atoms with Crippen LogP contribution in [0.5, 0.6) is 0 Å². The minimum absolute atomic E-state index is 0.299. The minimum Gasteiger partial charge on any atom is -0.452 e. The van der Waals surface area contributed by atoms with Gasteiger partial charge in [0.1, 0.15) is 11.3 Å².